The first-order valence-corrected chi connectivity index (χ1v) is 8.16. The highest BCUT2D eigenvalue weighted by molar-refractivity contribution is 7.86. The summed E-state index contributed by atoms with van der Waals surface area (Å²) in [7, 11) is -3.97. The Kier molecular flexibility index (Phi) is 5.33. The molecule has 0 saturated carbocycles. The second kappa shape index (κ2) is 7.02. The van der Waals surface area contributed by atoms with Gasteiger partial charge in [0.15, 0.2) is 6.10 Å². The second-order valence-corrected chi connectivity index (χ2v) is 6.34. The molecule has 0 spiro atoms. The van der Waals surface area contributed by atoms with E-state index in [1.54, 1.807) is 18.2 Å². The van der Waals surface area contributed by atoms with Gasteiger partial charge in [0.05, 0.1) is 11.0 Å². The Balaban J connectivity index is 1.87. The summed E-state index contributed by atoms with van der Waals surface area (Å²) in [6.45, 7) is 2.13. The highest BCUT2D eigenvalue weighted by Gasteiger charge is 2.26. The zero-order chi connectivity index (χ0) is 15.3. The molecule has 0 amide bonds. The van der Waals surface area contributed by atoms with E-state index in [1.807, 2.05) is 0 Å². The number of carbonyl (C=O) groups is 1. The number of benzene rings is 1. The fraction of sp³-hybridized carbons (Fsp3) is 0.500. The molecule has 0 bridgehead atoms. The van der Waals surface area contributed by atoms with Crippen LogP contribution >= 0.6 is 0 Å². The molecule has 7 heteroatoms. The van der Waals surface area contributed by atoms with Gasteiger partial charge in [-0.25, -0.2) is 4.79 Å². The molecule has 116 valence electrons. The second-order valence-electron chi connectivity index (χ2n) is 4.77. The van der Waals surface area contributed by atoms with Crippen LogP contribution in [-0.4, -0.2) is 39.8 Å². The van der Waals surface area contributed by atoms with Gasteiger partial charge in [0.25, 0.3) is 10.1 Å². The highest BCUT2D eigenvalue weighted by Crippen LogP contribution is 2.15. The van der Waals surface area contributed by atoms with E-state index >= 15 is 0 Å². The molecule has 1 fully saturated rings. The Morgan fingerprint density at radius 3 is 2.71 bits per heavy atom. The van der Waals surface area contributed by atoms with Gasteiger partial charge in [-0.15, -0.1) is 0 Å². The molecular weight excluding hydrogens is 296 g/mol. The van der Waals surface area contributed by atoms with Gasteiger partial charge in [-0.05, 0) is 31.9 Å². The molecular formula is C14H18O6S. The molecule has 21 heavy (non-hydrogen) atoms. The summed E-state index contributed by atoms with van der Waals surface area (Å²) in [6.07, 6.45) is 0.477. The smallest absolute Gasteiger partial charge is 0.336 e. The lowest BCUT2D eigenvalue weighted by molar-refractivity contribution is -0.154. The van der Waals surface area contributed by atoms with Crippen molar-refractivity contribution in [2.45, 2.75) is 36.9 Å². The largest absolute Gasteiger partial charge is 0.461 e. The fourth-order valence-electron chi connectivity index (χ4n) is 1.94. The normalized spacial score (nSPS) is 20.1. The molecule has 6 nitrogen and oxygen atoms in total. The van der Waals surface area contributed by atoms with Crippen LogP contribution in [0.5, 0.6) is 0 Å². The number of rotatable bonds is 6. The van der Waals surface area contributed by atoms with E-state index in [0.29, 0.717) is 6.61 Å². The van der Waals surface area contributed by atoms with E-state index < -0.39 is 22.2 Å². The maximum absolute atomic E-state index is 12.0. The predicted octanol–water partition coefficient (Wildman–Crippen LogP) is 1.50. The summed E-state index contributed by atoms with van der Waals surface area (Å²) >= 11 is 0. The highest BCUT2D eigenvalue weighted by atomic mass is 32.2. The van der Waals surface area contributed by atoms with Crippen LogP contribution in [0, 0.1) is 0 Å². The van der Waals surface area contributed by atoms with E-state index in [-0.39, 0.29) is 17.6 Å². The van der Waals surface area contributed by atoms with Gasteiger partial charge in [-0.1, -0.05) is 18.2 Å². The van der Waals surface area contributed by atoms with Crippen molar-refractivity contribution < 1.29 is 26.9 Å². The molecule has 0 aromatic heterocycles. The molecule has 1 aliphatic rings. The Labute approximate surface area is 124 Å². The lowest BCUT2D eigenvalue weighted by atomic mass is 10.2. The molecule has 2 atom stereocenters. The van der Waals surface area contributed by atoms with Crippen LogP contribution in [-0.2, 0) is 28.6 Å². The minimum absolute atomic E-state index is 0.00350. The average Bonchev–Trinajstić information content (AvgIpc) is 2.98. The summed E-state index contributed by atoms with van der Waals surface area (Å²) < 4.78 is 39.1. The molecule has 2 rings (SSSR count). The number of hydrogen-bond donors (Lipinski definition) is 0. The molecule has 0 radical (unpaired) electrons. The van der Waals surface area contributed by atoms with Crippen molar-refractivity contribution in [3.8, 4) is 0 Å². The minimum atomic E-state index is -3.97. The van der Waals surface area contributed by atoms with Crippen molar-refractivity contribution in [1.82, 2.24) is 0 Å². The summed E-state index contributed by atoms with van der Waals surface area (Å²) in [6, 6.07) is 7.66. The molecule has 0 N–H and O–H groups in total. The summed E-state index contributed by atoms with van der Waals surface area (Å²) in [4.78, 5) is 11.7. The molecule has 1 aromatic carbocycles. The van der Waals surface area contributed by atoms with E-state index in [2.05, 4.69) is 0 Å². The lowest BCUT2D eigenvalue weighted by Gasteiger charge is -2.14. The van der Waals surface area contributed by atoms with E-state index in [0.717, 1.165) is 12.8 Å². The Hall–Kier alpha value is -1.44. The fourth-order valence-corrected chi connectivity index (χ4v) is 3.00. The van der Waals surface area contributed by atoms with Crippen molar-refractivity contribution >= 4 is 16.1 Å². The zero-order valence-corrected chi connectivity index (χ0v) is 12.5. The number of carbonyl (C=O) groups excluding carboxylic acids is 1. The van der Waals surface area contributed by atoms with Crippen LogP contribution in [0.15, 0.2) is 35.2 Å². The van der Waals surface area contributed by atoms with Crippen molar-refractivity contribution in [2.75, 3.05) is 13.2 Å². The van der Waals surface area contributed by atoms with Gasteiger partial charge in [0.2, 0.25) is 0 Å². The summed E-state index contributed by atoms with van der Waals surface area (Å²) in [5.74, 6) is -0.718. The molecule has 1 unspecified atom stereocenters. The molecule has 1 saturated heterocycles. The van der Waals surface area contributed by atoms with Crippen molar-refractivity contribution in [2.24, 2.45) is 0 Å². The van der Waals surface area contributed by atoms with Gasteiger partial charge in [-0.2, -0.15) is 8.42 Å². The predicted molar refractivity (Wildman–Crippen MR) is 74.1 cm³/mol. The Morgan fingerprint density at radius 1 is 1.38 bits per heavy atom. The number of hydrogen-bond acceptors (Lipinski definition) is 6. The summed E-state index contributed by atoms with van der Waals surface area (Å²) in [5, 5.41) is 0. The maximum atomic E-state index is 12.0. The zero-order valence-electron chi connectivity index (χ0n) is 11.7. The minimum Gasteiger partial charge on any atom is -0.461 e. The van der Waals surface area contributed by atoms with Gasteiger partial charge >= 0.3 is 5.97 Å². The Bertz CT molecular complexity index is 562. The first-order valence-electron chi connectivity index (χ1n) is 6.75. The van der Waals surface area contributed by atoms with Crippen molar-refractivity contribution in [3.05, 3.63) is 30.3 Å². The van der Waals surface area contributed by atoms with Crippen LogP contribution < -0.4 is 0 Å². The first kappa shape index (κ1) is 15.9. The lowest BCUT2D eigenvalue weighted by Crippen LogP contribution is -2.29. The molecule has 1 aliphatic heterocycles. The monoisotopic (exact) mass is 314 g/mol. The van der Waals surface area contributed by atoms with Crippen molar-refractivity contribution in [1.29, 1.82) is 0 Å². The van der Waals surface area contributed by atoms with Crippen LogP contribution in [0.4, 0.5) is 0 Å². The summed E-state index contributed by atoms with van der Waals surface area (Å²) in [5.41, 5.74) is 0. The molecule has 1 aromatic rings. The quantitative estimate of drug-likeness (QED) is 0.585. The van der Waals surface area contributed by atoms with Gasteiger partial charge < -0.3 is 9.47 Å². The van der Waals surface area contributed by atoms with Crippen LogP contribution in [0.2, 0.25) is 0 Å². The van der Waals surface area contributed by atoms with Crippen LogP contribution in [0.1, 0.15) is 19.8 Å². The SMILES string of the molecule is CC(OS(=O)(=O)c1ccccc1)C(=O)OC[C@@H]1CCCO1. The van der Waals surface area contributed by atoms with Crippen LogP contribution in [0.25, 0.3) is 0 Å². The third-order valence-corrected chi connectivity index (χ3v) is 4.46. The van der Waals surface area contributed by atoms with E-state index in [1.165, 1.54) is 19.1 Å². The first-order chi connectivity index (χ1) is 9.99. The maximum Gasteiger partial charge on any atom is 0.336 e. The molecule has 1 heterocycles. The third-order valence-electron chi connectivity index (χ3n) is 3.07. The van der Waals surface area contributed by atoms with Crippen molar-refractivity contribution in [3.63, 3.8) is 0 Å². The number of ether oxygens (including phenoxy) is 2. The van der Waals surface area contributed by atoms with Crippen LogP contribution in [0.3, 0.4) is 0 Å². The standard InChI is InChI=1S/C14H18O6S/c1-11(14(15)19-10-12-6-5-9-18-12)20-21(16,17)13-7-3-2-4-8-13/h2-4,7-8,11-12H,5-6,9-10H2,1H3/t11?,12-/m0/s1. The van der Waals surface area contributed by atoms with Gasteiger partial charge in [0.1, 0.15) is 6.61 Å². The number of esters is 1. The van der Waals surface area contributed by atoms with E-state index in [4.69, 9.17) is 13.7 Å². The topological polar surface area (TPSA) is 78.9 Å². The Morgan fingerprint density at radius 2 is 2.10 bits per heavy atom. The molecule has 0 aliphatic carbocycles. The van der Waals surface area contributed by atoms with E-state index in [9.17, 15) is 13.2 Å². The van der Waals surface area contributed by atoms with Gasteiger partial charge in [-0.3, -0.25) is 4.18 Å². The van der Waals surface area contributed by atoms with Gasteiger partial charge in [0, 0.05) is 6.61 Å². The third kappa shape index (κ3) is 4.52. The average molecular weight is 314 g/mol.